The van der Waals surface area contributed by atoms with Crippen LogP contribution >= 0.6 is 11.6 Å². The zero-order valence-electron chi connectivity index (χ0n) is 10.6. The number of carboxylic acid groups (broad SMARTS) is 1. The van der Waals surface area contributed by atoms with Gasteiger partial charge >= 0.3 is 12.1 Å². The Labute approximate surface area is 125 Å². The first kappa shape index (κ1) is 14.5. The van der Waals surface area contributed by atoms with Gasteiger partial charge in [-0.2, -0.15) is 13.2 Å². The van der Waals surface area contributed by atoms with Gasteiger partial charge in [0.2, 0.25) is 5.22 Å². The van der Waals surface area contributed by atoms with E-state index in [1.807, 2.05) is 0 Å². The van der Waals surface area contributed by atoms with Crippen molar-refractivity contribution in [2.24, 2.45) is 0 Å². The fourth-order valence-corrected chi connectivity index (χ4v) is 2.36. The number of pyridine rings is 1. The number of halogens is 4. The highest BCUT2D eigenvalue weighted by Gasteiger charge is 2.35. The lowest BCUT2D eigenvalue weighted by Gasteiger charge is -2.08. The van der Waals surface area contributed by atoms with Crippen LogP contribution in [0.5, 0.6) is 0 Å². The third-order valence-corrected chi connectivity index (χ3v) is 3.32. The van der Waals surface area contributed by atoms with Crippen LogP contribution in [0.25, 0.3) is 16.9 Å². The van der Waals surface area contributed by atoms with Gasteiger partial charge in [-0.25, -0.2) is 9.78 Å². The second-order valence-electron chi connectivity index (χ2n) is 4.34. The number of carbonyl (C=O) groups is 1. The minimum atomic E-state index is -4.67. The van der Waals surface area contributed by atoms with Crippen molar-refractivity contribution in [1.29, 1.82) is 0 Å². The highest BCUT2D eigenvalue weighted by molar-refractivity contribution is 6.31. The Bertz CT molecular complexity index is 882. The summed E-state index contributed by atoms with van der Waals surface area (Å²) in [6.45, 7) is 0. The van der Waals surface area contributed by atoms with E-state index in [1.165, 1.54) is 18.5 Å². The Kier molecular flexibility index (Phi) is 3.13. The minimum Gasteiger partial charge on any atom is -0.476 e. The van der Waals surface area contributed by atoms with Crippen LogP contribution in [-0.2, 0) is 6.18 Å². The fourth-order valence-electron chi connectivity index (χ4n) is 2.16. The standard InChI is InChI=1S/C13H6ClF3N2O3/c14-10-6(3-5-22-10)9-8(12(20)21)18-11-7(13(15,16)17)2-1-4-19(9)11/h1-5H,(H,20,21). The molecule has 0 radical (unpaired) electrons. The zero-order valence-corrected chi connectivity index (χ0v) is 11.3. The van der Waals surface area contributed by atoms with Gasteiger partial charge in [0.25, 0.3) is 0 Å². The van der Waals surface area contributed by atoms with E-state index in [1.54, 1.807) is 0 Å². The van der Waals surface area contributed by atoms with Gasteiger partial charge < -0.3 is 9.52 Å². The lowest BCUT2D eigenvalue weighted by Crippen LogP contribution is -2.07. The van der Waals surface area contributed by atoms with E-state index >= 15 is 0 Å². The fraction of sp³-hybridized carbons (Fsp3) is 0.0769. The number of furan rings is 1. The number of carboxylic acids is 1. The van der Waals surface area contributed by atoms with Crippen LogP contribution in [0, 0.1) is 0 Å². The first-order valence-electron chi connectivity index (χ1n) is 5.85. The number of alkyl halides is 3. The molecule has 114 valence electrons. The Morgan fingerprint density at radius 3 is 2.64 bits per heavy atom. The zero-order chi connectivity index (χ0) is 16.1. The Morgan fingerprint density at radius 1 is 1.36 bits per heavy atom. The monoisotopic (exact) mass is 330 g/mol. The number of hydrogen-bond donors (Lipinski definition) is 1. The van der Waals surface area contributed by atoms with Crippen molar-refractivity contribution >= 4 is 23.2 Å². The molecule has 0 spiro atoms. The number of aromatic nitrogens is 2. The summed E-state index contributed by atoms with van der Waals surface area (Å²) in [5, 5.41) is 9.08. The molecule has 0 bridgehead atoms. The molecule has 3 rings (SSSR count). The largest absolute Gasteiger partial charge is 0.476 e. The molecule has 22 heavy (non-hydrogen) atoms. The summed E-state index contributed by atoms with van der Waals surface area (Å²) >= 11 is 5.82. The summed E-state index contributed by atoms with van der Waals surface area (Å²) < 4.78 is 45.0. The van der Waals surface area contributed by atoms with E-state index in [2.05, 4.69) is 4.98 Å². The highest BCUT2D eigenvalue weighted by atomic mass is 35.5. The summed E-state index contributed by atoms with van der Waals surface area (Å²) in [6, 6.07) is 3.34. The molecule has 9 heteroatoms. The van der Waals surface area contributed by atoms with Crippen LogP contribution in [0.2, 0.25) is 5.22 Å². The molecule has 0 aliphatic carbocycles. The summed E-state index contributed by atoms with van der Waals surface area (Å²) in [4.78, 5) is 14.9. The van der Waals surface area contributed by atoms with Gasteiger partial charge in [0.1, 0.15) is 0 Å². The lowest BCUT2D eigenvalue weighted by atomic mass is 10.2. The molecule has 0 aromatic carbocycles. The smallest absolute Gasteiger partial charge is 0.419 e. The Balaban J connectivity index is 2.43. The number of rotatable bonds is 2. The molecule has 0 unspecified atom stereocenters. The quantitative estimate of drug-likeness (QED) is 0.772. The number of hydrogen-bond acceptors (Lipinski definition) is 3. The molecule has 0 aliphatic heterocycles. The van der Waals surface area contributed by atoms with Gasteiger partial charge in [0.05, 0.1) is 23.1 Å². The second-order valence-corrected chi connectivity index (χ2v) is 4.68. The third-order valence-electron chi connectivity index (χ3n) is 3.03. The van der Waals surface area contributed by atoms with Gasteiger partial charge in [-0.15, -0.1) is 0 Å². The average molecular weight is 331 g/mol. The van der Waals surface area contributed by atoms with E-state index < -0.39 is 29.1 Å². The molecule has 5 nitrogen and oxygen atoms in total. The Hall–Kier alpha value is -2.48. The van der Waals surface area contributed by atoms with Crippen molar-refractivity contribution < 1.29 is 27.5 Å². The van der Waals surface area contributed by atoms with Crippen LogP contribution in [0.4, 0.5) is 13.2 Å². The molecule has 0 aliphatic rings. The third kappa shape index (κ3) is 2.12. The highest BCUT2D eigenvalue weighted by Crippen LogP contribution is 2.37. The molecule has 0 amide bonds. The first-order chi connectivity index (χ1) is 10.3. The van der Waals surface area contributed by atoms with Crippen molar-refractivity contribution in [1.82, 2.24) is 9.38 Å². The molecule has 0 atom stereocenters. The molecule has 3 heterocycles. The lowest BCUT2D eigenvalue weighted by molar-refractivity contribution is -0.136. The van der Waals surface area contributed by atoms with Crippen LogP contribution in [0.3, 0.4) is 0 Å². The number of fused-ring (bicyclic) bond motifs is 1. The van der Waals surface area contributed by atoms with Gasteiger partial charge in [-0.05, 0) is 29.8 Å². The van der Waals surface area contributed by atoms with Crippen LogP contribution in [0.15, 0.2) is 35.1 Å². The SMILES string of the molecule is O=C(O)c1nc2c(C(F)(F)F)cccn2c1-c1ccoc1Cl. The van der Waals surface area contributed by atoms with E-state index in [-0.39, 0.29) is 16.5 Å². The predicted molar refractivity (Wildman–Crippen MR) is 69.9 cm³/mol. The van der Waals surface area contributed by atoms with Crippen molar-refractivity contribution in [2.75, 3.05) is 0 Å². The second kappa shape index (κ2) is 4.77. The number of aromatic carboxylic acids is 1. The van der Waals surface area contributed by atoms with Gasteiger partial charge in [0, 0.05) is 6.20 Å². The van der Waals surface area contributed by atoms with Crippen molar-refractivity contribution in [3.8, 4) is 11.3 Å². The molecule has 3 aromatic rings. The van der Waals surface area contributed by atoms with Gasteiger partial charge in [-0.1, -0.05) is 0 Å². The van der Waals surface area contributed by atoms with Gasteiger partial charge in [0.15, 0.2) is 11.3 Å². The summed E-state index contributed by atoms with van der Waals surface area (Å²) in [7, 11) is 0. The Morgan fingerprint density at radius 2 is 2.09 bits per heavy atom. The number of nitrogens with zero attached hydrogens (tertiary/aromatic N) is 2. The molecule has 0 saturated carbocycles. The molecular weight excluding hydrogens is 325 g/mol. The van der Waals surface area contributed by atoms with Crippen molar-refractivity contribution in [3.05, 3.63) is 47.1 Å². The van der Waals surface area contributed by atoms with Crippen molar-refractivity contribution in [3.63, 3.8) is 0 Å². The van der Waals surface area contributed by atoms with Gasteiger partial charge in [-0.3, -0.25) is 4.40 Å². The molecule has 0 fully saturated rings. The predicted octanol–water partition coefficient (Wildman–Crippen LogP) is 3.96. The van der Waals surface area contributed by atoms with E-state index in [0.717, 1.165) is 16.5 Å². The molecular formula is C13H6ClF3N2O3. The minimum absolute atomic E-state index is 0.0765. The van der Waals surface area contributed by atoms with Crippen LogP contribution < -0.4 is 0 Å². The van der Waals surface area contributed by atoms with E-state index in [0.29, 0.717) is 0 Å². The first-order valence-corrected chi connectivity index (χ1v) is 6.23. The van der Waals surface area contributed by atoms with E-state index in [9.17, 15) is 23.1 Å². The molecule has 1 N–H and O–H groups in total. The topological polar surface area (TPSA) is 67.7 Å². The van der Waals surface area contributed by atoms with Crippen LogP contribution in [-0.4, -0.2) is 20.5 Å². The van der Waals surface area contributed by atoms with Crippen molar-refractivity contribution in [2.45, 2.75) is 6.18 Å². The maximum atomic E-state index is 13.0. The molecule has 0 saturated heterocycles. The molecule has 3 aromatic heterocycles. The maximum Gasteiger partial charge on any atom is 0.419 e. The average Bonchev–Trinajstić information content (AvgIpc) is 2.99. The van der Waals surface area contributed by atoms with E-state index in [4.69, 9.17) is 16.0 Å². The summed E-state index contributed by atoms with van der Waals surface area (Å²) in [5.41, 5.74) is -2.03. The summed E-state index contributed by atoms with van der Waals surface area (Å²) in [5.74, 6) is -1.47. The number of imidazole rings is 1. The normalized spacial score (nSPS) is 12.0. The summed E-state index contributed by atoms with van der Waals surface area (Å²) in [6.07, 6.45) is -2.18. The van der Waals surface area contributed by atoms with Crippen LogP contribution in [0.1, 0.15) is 16.1 Å². The maximum absolute atomic E-state index is 13.0.